The molecule has 1 aliphatic carbocycles. The highest BCUT2D eigenvalue weighted by Gasteiger charge is 2.44. The van der Waals surface area contributed by atoms with Crippen LogP contribution < -0.4 is 5.32 Å². The first-order valence-electron chi connectivity index (χ1n) is 8.84. The molecule has 0 unspecified atom stereocenters. The molecule has 23 heavy (non-hydrogen) atoms. The molecule has 0 aromatic carbocycles. The molecular weight excluding hydrogens is 290 g/mol. The Labute approximate surface area is 137 Å². The number of ether oxygens (including phenoxy) is 1. The number of carbonyl (C=O) groups excluding carboxylic acids is 1. The minimum atomic E-state index is 0.0388. The first kappa shape index (κ1) is 15.1. The van der Waals surface area contributed by atoms with Crippen LogP contribution >= 0.6 is 0 Å². The van der Waals surface area contributed by atoms with Crippen molar-refractivity contribution in [2.45, 2.75) is 37.8 Å². The average Bonchev–Trinajstić information content (AvgIpc) is 3.37. The number of hydrogen-bond acceptors (Lipinski definition) is 4. The molecule has 3 aliphatic rings. The van der Waals surface area contributed by atoms with Crippen molar-refractivity contribution < 1.29 is 9.53 Å². The van der Waals surface area contributed by atoms with Crippen molar-refractivity contribution in [3.8, 4) is 0 Å². The molecule has 3 fully saturated rings. The van der Waals surface area contributed by atoms with Crippen molar-refractivity contribution >= 4 is 5.91 Å². The van der Waals surface area contributed by atoms with Crippen molar-refractivity contribution in [1.82, 2.24) is 15.2 Å². The molecule has 1 aromatic rings. The van der Waals surface area contributed by atoms with E-state index in [0.29, 0.717) is 17.5 Å². The fourth-order valence-electron chi connectivity index (χ4n) is 4.12. The van der Waals surface area contributed by atoms with Gasteiger partial charge in [0.15, 0.2) is 0 Å². The summed E-state index contributed by atoms with van der Waals surface area (Å²) in [5, 5.41) is 3.30. The van der Waals surface area contributed by atoms with Crippen LogP contribution in [0.2, 0.25) is 0 Å². The lowest BCUT2D eigenvalue weighted by Gasteiger charge is -2.31. The molecule has 5 heteroatoms. The second kappa shape index (κ2) is 6.57. The molecular formula is C18H25N3O2. The highest BCUT2D eigenvalue weighted by molar-refractivity contribution is 5.94. The topological polar surface area (TPSA) is 54.5 Å². The van der Waals surface area contributed by atoms with E-state index in [0.717, 1.165) is 45.1 Å². The molecule has 1 saturated carbocycles. The van der Waals surface area contributed by atoms with E-state index < -0.39 is 0 Å². The van der Waals surface area contributed by atoms with Crippen LogP contribution in [0.1, 0.15) is 36.0 Å². The predicted octanol–water partition coefficient (Wildman–Crippen LogP) is 1.70. The van der Waals surface area contributed by atoms with Crippen LogP contribution in [-0.4, -0.2) is 54.2 Å². The molecule has 1 N–H and O–H groups in total. The molecule has 2 atom stereocenters. The number of likely N-dealkylation sites (tertiary alicyclic amines) is 1. The molecule has 124 valence electrons. The lowest BCUT2D eigenvalue weighted by Crippen LogP contribution is -2.43. The minimum absolute atomic E-state index is 0.0388. The van der Waals surface area contributed by atoms with Crippen LogP contribution in [0.25, 0.3) is 0 Å². The van der Waals surface area contributed by atoms with Crippen LogP contribution in [0.15, 0.2) is 24.5 Å². The van der Waals surface area contributed by atoms with Gasteiger partial charge in [-0.3, -0.25) is 14.7 Å². The van der Waals surface area contributed by atoms with Crippen molar-refractivity contribution in [3.05, 3.63) is 30.1 Å². The van der Waals surface area contributed by atoms with Gasteiger partial charge in [0.05, 0.1) is 0 Å². The van der Waals surface area contributed by atoms with E-state index in [1.54, 1.807) is 24.5 Å². The number of rotatable bonds is 4. The van der Waals surface area contributed by atoms with Gasteiger partial charge in [-0.2, -0.15) is 0 Å². The first-order valence-corrected chi connectivity index (χ1v) is 8.84. The molecule has 3 heterocycles. The van der Waals surface area contributed by atoms with E-state index in [1.807, 2.05) is 0 Å². The Morgan fingerprint density at radius 2 is 1.87 bits per heavy atom. The number of pyridine rings is 1. The maximum absolute atomic E-state index is 12.5. The lowest BCUT2D eigenvalue weighted by molar-refractivity contribution is 0.0404. The maximum Gasteiger partial charge on any atom is 0.251 e. The van der Waals surface area contributed by atoms with Gasteiger partial charge in [0, 0.05) is 56.3 Å². The van der Waals surface area contributed by atoms with Gasteiger partial charge in [0.1, 0.15) is 0 Å². The monoisotopic (exact) mass is 315 g/mol. The largest absolute Gasteiger partial charge is 0.381 e. The maximum atomic E-state index is 12.5. The molecule has 1 amide bonds. The Morgan fingerprint density at radius 1 is 1.13 bits per heavy atom. The quantitative estimate of drug-likeness (QED) is 0.919. The zero-order valence-electron chi connectivity index (χ0n) is 13.5. The number of aromatic nitrogens is 1. The van der Waals surface area contributed by atoms with Gasteiger partial charge >= 0.3 is 0 Å². The van der Waals surface area contributed by atoms with Gasteiger partial charge in [-0.25, -0.2) is 0 Å². The summed E-state index contributed by atoms with van der Waals surface area (Å²) < 4.78 is 5.49. The fourth-order valence-corrected chi connectivity index (χ4v) is 4.12. The lowest BCUT2D eigenvalue weighted by atomic mass is 9.98. The van der Waals surface area contributed by atoms with Gasteiger partial charge < -0.3 is 10.1 Å². The smallest absolute Gasteiger partial charge is 0.251 e. The molecule has 2 aliphatic heterocycles. The molecule has 5 nitrogen and oxygen atoms in total. The standard InChI is InChI=1S/C18H25N3O2/c22-18(14-3-7-19-8-4-14)20-17-12-21(11-16(17)13-1-2-13)15-5-9-23-10-6-15/h3-4,7-8,13,15-17H,1-2,5-6,9-12H2,(H,20,22)/t16-,17+/m0/s1. The SMILES string of the molecule is O=C(N[C@@H]1CN(C2CCOCC2)C[C@H]1C1CC1)c1ccncc1. The summed E-state index contributed by atoms with van der Waals surface area (Å²) in [5.41, 5.74) is 0.707. The highest BCUT2D eigenvalue weighted by Crippen LogP contribution is 2.42. The van der Waals surface area contributed by atoms with Crippen LogP contribution in [0, 0.1) is 11.8 Å². The normalized spacial score (nSPS) is 29.6. The van der Waals surface area contributed by atoms with Gasteiger partial charge in [0.2, 0.25) is 0 Å². The van der Waals surface area contributed by atoms with Crippen LogP contribution in [0.3, 0.4) is 0 Å². The summed E-state index contributed by atoms with van der Waals surface area (Å²) in [7, 11) is 0. The third-order valence-electron chi connectivity index (χ3n) is 5.59. The van der Waals surface area contributed by atoms with Crippen molar-refractivity contribution in [3.63, 3.8) is 0 Å². The number of carbonyl (C=O) groups is 1. The number of hydrogen-bond donors (Lipinski definition) is 1. The van der Waals surface area contributed by atoms with Crippen molar-refractivity contribution in [1.29, 1.82) is 0 Å². The molecule has 0 radical (unpaired) electrons. The van der Waals surface area contributed by atoms with Gasteiger partial charge in [-0.05, 0) is 49.7 Å². The Hall–Kier alpha value is -1.46. The van der Waals surface area contributed by atoms with Crippen molar-refractivity contribution in [2.75, 3.05) is 26.3 Å². The van der Waals surface area contributed by atoms with Gasteiger partial charge in [-0.1, -0.05) is 0 Å². The van der Waals surface area contributed by atoms with E-state index in [4.69, 9.17) is 4.74 Å². The van der Waals surface area contributed by atoms with Gasteiger partial charge in [0.25, 0.3) is 5.91 Å². The number of nitrogens with one attached hydrogen (secondary N) is 1. The zero-order chi connectivity index (χ0) is 15.6. The Morgan fingerprint density at radius 3 is 2.57 bits per heavy atom. The number of amides is 1. The van der Waals surface area contributed by atoms with E-state index in [2.05, 4.69) is 15.2 Å². The Balaban J connectivity index is 1.42. The summed E-state index contributed by atoms with van der Waals surface area (Å²) in [6.45, 7) is 3.88. The summed E-state index contributed by atoms with van der Waals surface area (Å²) in [6.07, 6.45) is 8.26. The van der Waals surface area contributed by atoms with E-state index in [1.165, 1.54) is 12.8 Å². The summed E-state index contributed by atoms with van der Waals surface area (Å²) in [5.74, 6) is 1.46. The Bertz CT molecular complexity index is 540. The van der Waals surface area contributed by atoms with Crippen LogP contribution in [0.5, 0.6) is 0 Å². The minimum Gasteiger partial charge on any atom is -0.381 e. The van der Waals surface area contributed by atoms with E-state index >= 15 is 0 Å². The van der Waals surface area contributed by atoms with Crippen molar-refractivity contribution in [2.24, 2.45) is 11.8 Å². The molecule has 2 saturated heterocycles. The third kappa shape index (κ3) is 3.40. The average molecular weight is 315 g/mol. The second-order valence-corrected chi connectivity index (χ2v) is 7.11. The molecule has 1 aromatic heterocycles. The molecule has 0 bridgehead atoms. The fraction of sp³-hybridized carbons (Fsp3) is 0.667. The van der Waals surface area contributed by atoms with E-state index in [-0.39, 0.29) is 11.9 Å². The first-order chi connectivity index (χ1) is 11.3. The highest BCUT2D eigenvalue weighted by atomic mass is 16.5. The predicted molar refractivity (Wildman–Crippen MR) is 87.1 cm³/mol. The Kier molecular flexibility index (Phi) is 4.31. The second-order valence-electron chi connectivity index (χ2n) is 7.11. The van der Waals surface area contributed by atoms with Crippen LogP contribution in [0.4, 0.5) is 0 Å². The summed E-state index contributed by atoms with van der Waals surface area (Å²) in [4.78, 5) is 19.1. The third-order valence-corrected chi connectivity index (χ3v) is 5.59. The van der Waals surface area contributed by atoms with E-state index in [9.17, 15) is 4.79 Å². The molecule has 0 spiro atoms. The summed E-state index contributed by atoms with van der Waals surface area (Å²) in [6, 6.07) is 4.48. The summed E-state index contributed by atoms with van der Waals surface area (Å²) >= 11 is 0. The van der Waals surface area contributed by atoms with Gasteiger partial charge in [-0.15, -0.1) is 0 Å². The zero-order valence-corrected chi connectivity index (χ0v) is 13.5. The molecule has 4 rings (SSSR count). The van der Waals surface area contributed by atoms with Crippen LogP contribution in [-0.2, 0) is 4.74 Å². The number of nitrogens with zero attached hydrogens (tertiary/aromatic N) is 2.